The molecule has 1 amide bonds. The number of aromatic amines is 1. The Labute approximate surface area is 152 Å². The average molecular weight is 349 g/mol. The molecule has 1 unspecified atom stereocenters. The number of fused-ring (bicyclic) bond motifs is 1. The number of rotatable bonds is 3. The Morgan fingerprint density at radius 1 is 1.27 bits per heavy atom. The van der Waals surface area contributed by atoms with Crippen molar-refractivity contribution < 1.29 is 4.79 Å². The van der Waals surface area contributed by atoms with E-state index in [1.165, 1.54) is 0 Å². The number of hydrogen-bond donors (Lipinski definition) is 1. The Morgan fingerprint density at radius 3 is 2.92 bits per heavy atom. The number of carbonyl (C=O) groups excluding carboxylic acids is 1. The van der Waals surface area contributed by atoms with E-state index in [4.69, 9.17) is 0 Å². The molecule has 134 valence electrons. The third-order valence-corrected chi connectivity index (χ3v) is 4.97. The fourth-order valence-electron chi connectivity index (χ4n) is 3.68. The molecule has 2 aromatic heterocycles. The lowest BCUT2D eigenvalue weighted by molar-refractivity contribution is 0.0736. The highest BCUT2D eigenvalue weighted by atomic mass is 16.2. The first kappa shape index (κ1) is 16.6. The van der Waals surface area contributed by atoms with Crippen LogP contribution in [0.3, 0.4) is 0 Å². The van der Waals surface area contributed by atoms with Crippen LogP contribution in [-0.4, -0.2) is 46.4 Å². The summed E-state index contributed by atoms with van der Waals surface area (Å²) < 4.78 is 0. The second-order valence-corrected chi connectivity index (χ2v) is 7.05. The molecule has 6 heteroatoms. The maximum absolute atomic E-state index is 13.2. The lowest BCUT2D eigenvalue weighted by Crippen LogP contribution is -2.30. The van der Waals surface area contributed by atoms with Gasteiger partial charge in [-0.25, -0.2) is 9.97 Å². The quantitative estimate of drug-likeness (QED) is 0.788. The van der Waals surface area contributed by atoms with Gasteiger partial charge in [0.15, 0.2) is 0 Å². The number of nitrogens with zero attached hydrogens (tertiary/aromatic N) is 4. The molecular weight excluding hydrogens is 326 g/mol. The van der Waals surface area contributed by atoms with Gasteiger partial charge in [-0.2, -0.15) is 0 Å². The van der Waals surface area contributed by atoms with Gasteiger partial charge in [-0.05, 0) is 55.7 Å². The molecule has 1 saturated heterocycles. The van der Waals surface area contributed by atoms with Gasteiger partial charge in [0.25, 0.3) is 5.91 Å². The third kappa shape index (κ3) is 2.92. The van der Waals surface area contributed by atoms with E-state index >= 15 is 0 Å². The van der Waals surface area contributed by atoms with Gasteiger partial charge in [-0.15, -0.1) is 0 Å². The largest absolute Gasteiger partial charge is 0.363 e. The smallest absolute Gasteiger partial charge is 0.254 e. The van der Waals surface area contributed by atoms with Gasteiger partial charge < -0.3 is 14.8 Å². The van der Waals surface area contributed by atoms with Gasteiger partial charge in [0.2, 0.25) is 0 Å². The molecule has 6 nitrogen and oxygen atoms in total. The summed E-state index contributed by atoms with van der Waals surface area (Å²) in [6, 6.07) is 9.89. The van der Waals surface area contributed by atoms with E-state index < -0.39 is 0 Å². The van der Waals surface area contributed by atoms with Gasteiger partial charge in [0, 0.05) is 32.4 Å². The predicted molar refractivity (Wildman–Crippen MR) is 102 cm³/mol. The molecule has 0 saturated carbocycles. The summed E-state index contributed by atoms with van der Waals surface area (Å²) >= 11 is 0. The van der Waals surface area contributed by atoms with Crippen LogP contribution >= 0.6 is 0 Å². The minimum absolute atomic E-state index is 0.0740. The van der Waals surface area contributed by atoms with Crippen molar-refractivity contribution in [3.63, 3.8) is 0 Å². The Balaban J connectivity index is 1.64. The van der Waals surface area contributed by atoms with Crippen LogP contribution in [0.5, 0.6) is 0 Å². The average Bonchev–Trinajstić information content (AvgIpc) is 3.26. The van der Waals surface area contributed by atoms with Gasteiger partial charge in [-0.3, -0.25) is 4.79 Å². The van der Waals surface area contributed by atoms with Crippen LogP contribution in [0.1, 0.15) is 40.6 Å². The molecule has 1 aliphatic heterocycles. The van der Waals surface area contributed by atoms with Crippen molar-refractivity contribution >= 4 is 22.8 Å². The zero-order chi connectivity index (χ0) is 18.3. The molecule has 26 heavy (non-hydrogen) atoms. The monoisotopic (exact) mass is 349 g/mol. The summed E-state index contributed by atoms with van der Waals surface area (Å²) in [7, 11) is 3.95. The first-order valence-corrected chi connectivity index (χ1v) is 8.93. The van der Waals surface area contributed by atoms with Crippen LogP contribution in [0.25, 0.3) is 11.0 Å². The number of likely N-dealkylation sites (tertiary alicyclic amines) is 1. The zero-order valence-corrected chi connectivity index (χ0v) is 15.4. The van der Waals surface area contributed by atoms with Crippen molar-refractivity contribution in [3.05, 3.63) is 53.5 Å². The highest BCUT2D eigenvalue weighted by Gasteiger charge is 2.31. The molecule has 1 atom stereocenters. The Hall–Kier alpha value is -2.89. The van der Waals surface area contributed by atoms with Crippen molar-refractivity contribution in [2.45, 2.75) is 25.8 Å². The fraction of sp³-hybridized carbons (Fsp3) is 0.350. The first-order chi connectivity index (χ1) is 12.5. The van der Waals surface area contributed by atoms with E-state index in [0.29, 0.717) is 5.56 Å². The number of hydrogen-bond acceptors (Lipinski definition) is 4. The van der Waals surface area contributed by atoms with Gasteiger partial charge >= 0.3 is 0 Å². The molecule has 0 radical (unpaired) electrons. The highest BCUT2D eigenvalue weighted by molar-refractivity contribution is 5.97. The second-order valence-electron chi connectivity index (χ2n) is 7.05. The number of amides is 1. The summed E-state index contributed by atoms with van der Waals surface area (Å²) in [5.74, 6) is 1.85. The maximum Gasteiger partial charge on any atom is 0.254 e. The lowest BCUT2D eigenvalue weighted by Gasteiger charge is -2.26. The highest BCUT2D eigenvalue weighted by Crippen LogP contribution is 2.34. The number of nitrogens with one attached hydrogen (secondary N) is 1. The number of imidazole rings is 1. The normalized spacial score (nSPS) is 17.0. The Bertz CT molecular complexity index is 962. The van der Waals surface area contributed by atoms with Crippen LogP contribution in [0.2, 0.25) is 0 Å². The van der Waals surface area contributed by atoms with Crippen molar-refractivity contribution in [1.82, 2.24) is 19.9 Å². The maximum atomic E-state index is 13.2. The topological polar surface area (TPSA) is 65.1 Å². The molecule has 0 spiro atoms. The molecule has 4 rings (SSSR count). The van der Waals surface area contributed by atoms with Gasteiger partial charge in [0.1, 0.15) is 11.6 Å². The number of H-pyrrole nitrogens is 1. The molecule has 0 aliphatic carbocycles. The van der Waals surface area contributed by atoms with E-state index in [0.717, 1.165) is 47.6 Å². The summed E-state index contributed by atoms with van der Waals surface area (Å²) in [4.78, 5) is 29.1. The van der Waals surface area contributed by atoms with Crippen molar-refractivity contribution in [2.24, 2.45) is 0 Å². The Kier molecular flexibility index (Phi) is 4.11. The molecule has 1 aromatic carbocycles. The molecule has 3 heterocycles. The molecule has 1 aliphatic rings. The number of anilines is 1. The minimum atomic E-state index is 0.0740. The molecule has 3 aromatic rings. The lowest BCUT2D eigenvalue weighted by atomic mass is 10.0. The second kappa shape index (κ2) is 6.44. The van der Waals surface area contributed by atoms with E-state index in [1.807, 2.05) is 61.3 Å². The van der Waals surface area contributed by atoms with E-state index in [-0.39, 0.29) is 11.9 Å². The van der Waals surface area contributed by atoms with Gasteiger partial charge in [-0.1, -0.05) is 0 Å². The number of aromatic nitrogens is 3. The molecule has 0 bridgehead atoms. The SMILES string of the molecule is Cc1nc2ccc(C(=O)N3CCCC3c3ccnc(N(C)C)c3)cc2[nH]1. The summed E-state index contributed by atoms with van der Waals surface area (Å²) in [5.41, 5.74) is 3.65. The van der Waals surface area contributed by atoms with Crippen molar-refractivity contribution in [1.29, 1.82) is 0 Å². The first-order valence-electron chi connectivity index (χ1n) is 8.93. The van der Waals surface area contributed by atoms with E-state index in [9.17, 15) is 4.79 Å². The predicted octanol–water partition coefficient (Wildman–Crippen LogP) is 3.31. The summed E-state index contributed by atoms with van der Waals surface area (Å²) in [6.07, 6.45) is 3.82. The number of carbonyl (C=O) groups is 1. The number of benzene rings is 1. The molecule has 1 N–H and O–H groups in total. The van der Waals surface area contributed by atoms with Crippen LogP contribution in [0, 0.1) is 6.92 Å². The minimum Gasteiger partial charge on any atom is -0.363 e. The van der Waals surface area contributed by atoms with Crippen LogP contribution < -0.4 is 4.90 Å². The summed E-state index contributed by atoms with van der Waals surface area (Å²) in [5, 5.41) is 0. The number of aryl methyl sites for hydroxylation is 1. The van der Waals surface area contributed by atoms with Crippen molar-refractivity contribution in [3.8, 4) is 0 Å². The fourth-order valence-corrected chi connectivity index (χ4v) is 3.68. The van der Waals surface area contributed by atoms with Crippen LogP contribution in [0.4, 0.5) is 5.82 Å². The summed E-state index contributed by atoms with van der Waals surface area (Å²) in [6.45, 7) is 2.70. The third-order valence-electron chi connectivity index (χ3n) is 4.97. The standard InChI is InChI=1S/C20H23N5O/c1-13-22-16-7-6-15(11-17(16)23-13)20(26)25-10-4-5-18(25)14-8-9-21-19(12-14)24(2)3/h6-9,11-12,18H,4-5,10H2,1-3H3,(H,22,23). The number of pyridine rings is 1. The zero-order valence-electron chi connectivity index (χ0n) is 15.4. The van der Waals surface area contributed by atoms with E-state index in [1.54, 1.807) is 0 Å². The van der Waals surface area contributed by atoms with Crippen molar-refractivity contribution in [2.75, 3.05) is 25.5 Å². The van der Waals surface area contributed by atoms with Crippen LogP contribution in [0.15, 0.2) is 36.5 Å². The van der Waals surface area contributed by atoms with Gasteiger partial charge in [0.05, 0.1) is 17.1 Å². The van der Waals surface area contributed by atoms with Crippen LogP contribution in [-0.2, 0) is 0 Å². The Morgan fingerprint density at radius 2 is 2.12 bits per heavy atom. The van der Waals surface area contributed by atoms with E-state index in [2.05, 4.69) is 21.0 Å². The molecular formula is C20H23N5O. The molecule has 1 fully saturated rings.